The maximum Gasteiger partial charge on any atom is 0.344 e. The van der Waals surface area contributed by atoms with Crippen molar-refractivity contribution in [3.05, 3.63) is 34.3 Å². The molecule has 0 N–H and O–H groups in total. The Morgan fingerprint density at radius 3 is 2.42 bits per heavy atom. The lowest BCUT2D eigenvalue weighted by Gasteiger charge is -2.14. The number of carbonyl (C=O) groups excluding carboxylic acids is 3. The van der Waals surface area contributed by atoms with Gasteiger partial charge in [-0.25, -0.2) is 4.79 Å². The van der Waals surface area contributed by atoms with Gasteiger partial charge >= 0.3 is 5.97 Å². The molecular formula is C22H23BrN2O6. The van der Waals surface area contributed by atoms with E-state index in [2.05, 4.69) is 21.0 Å². The molecule has 2 aliphatic carbocycles. The summed E-state index contributed by atoms with van der Waals surface area (Å²) in [5, 5.41) is 5.20. The molecule has 0 spiro atoms. The second-order valence-electron chi connectivity index (χ2n) is 7.59. The number of hydrazone groups is 1. The maximum absolute atomic E-state index is 12.8. The summed E-state index contributed by atoms with van der Waals surface area (Å²) in [6.07, 6.45) is 6.42. The molecule has 31 heavy (non-hydrogen) atoms. The van der Waals surface area contributed by atoms with E-state index in [1.807, 2.05) is 19.1 Å². The van der Waals surface area contributed by atoms with Gasteiger partial charge in [0.1, 0.15) is 0 Å². The Bertz CT molecular complexity index is 945. The van der Waals surface area contributed by atoms with Crippen molar-refractivity contribution in [1.29, 1.82) is 0 Å². The van der Waals surface area contributed by atoms with Gasteiger partial charge in [-0.05, 0) is 65.7 Å². The third-order valence-corrected chi connectivity index (χ3v) is 6.33. The largest absolute Gasteiger partial charge is 0.490 e. The van der Waals surface area contributed by atoms with Gasteiger partial charge < -0.3 is 14.2 Å². The highest BCUT2D eigenvalue weighted by Gasteiger charge is 2.59. The van der Waals surface area contributed by atoms with Crippen molar-refractivity contribution in [2.24, 2.45) is 28.8 Å². The fourth-order valence-corrected chi connectivity index (χ4v) is 5.10. The molecule has 4 rings (SSSR count). The Morgan fingerprint density at radius 1 is 1.13 bits per heavy atom. The quantitative estimate of drug-likeness (QED) is 0.240. The lowest BCUT2D eigenvalue weighted by atomic mass is 9.85. The van der Waals surface area contributed by atoms with Crippen molar-refractivity contribution < 1.29 is 28.6 Å². The molecule has 2 bridgehead atoms. The van der Waals surface area contributed by atoms with Crippen LogP contribution in [0.25, 0.3) is 0 Å². The summed E-state index contributed by atoms with van der Waals surface area (Å²) in [5.41, 5.74) is 0.609. The van der Waals surface area contributed by atoms with Crippen LogP contribution < -0.4 is 9.47 Å². The predicted molar refractivity (Wildman–Crippen MR) is 115 cm³/mol. The van der Waals surface area contributed by atoms with E-state index in [9.17, 15) is 14.4 Å². The topological polar surface area (TPSA) is 94.5 Å². The molecule has 4 unspecified atom stereocenters. The van der Waals surface area contributed by atoms with Crippen molar-refractivity contribution in [3.8, 4) is 11.5 Å². The van der Waals surface area contributed by atoms with E-state index in [0.717, 1.165) is 11.4 Å². The number of hydrogen-bond acceptors (Lipinski definition) is 7. The number of benzene rings is 1. The summed E-state index contributed by atoms with van der Waals surface area (Å²) < 4.78 is 16.6. The molecule has 1 aromatic carbocycles. The van der Waals surface area contributed by atoms with E-state index < -0.39 is 5.97 Å². The van der Waals surface area contributed by atoms with E-state index in [1.54, 1.807) is 19.1 Å². The number of allylic oxidation sites excluding steroid dienone is 2. The van der Waals surface area contributed by atoms with Crippen LogP contribution in [0.4, 0.5) is 0 Å². The molecule has 1 saturated carbocycles. The monoisotopic (exact) mass is 490 g/mol. The van der Waals surface area contributed by atoms with Crippen molar-refractivity contribution in [2.45, 2.75) is 20.3 Å². The number of esters is 1. The van der Waals surface area contributed by atoms with Crippen LogP contribution in [0, 0.1) is 23.7 Å². The van der Waals surface area contributed by atoms with Crippen molar-refractivity contribution >= 4 is 39.9 Å². The summed E-state index contributed by atoms with van der Waals surface area (Å²) in [5.74, 6) is -0.487. The average molecular weight is 491 g/mol. The predicted octanol–water partition coefficient (Wildman–Crippen LogP) is 2.93. The van der Waals surface area contributed by atoms with E-state index >= 15 is 0 Å². The molecule has 4 atom stereocenters. The first-order chi connectivity index (χ1) is 14.9. The molecule has 2 amide bonds. The van der Waals surface area contributed by atoms with Crippen molar-refractivity contribution in [1.82, 2.24) is 5.01 Å². The zero-order chi connectivity index (χ0) is 22.1. The first kappa shape index (κ1) is 21.5. The summed E-state index contributed by atoms with van der Waals surface area (Å²) in [7, 11) is 0. The molecule has 1 aliphatic heterocycles. The van der Waals surface area contributed by atoms with Crippen LogP contribution in [0.3, 0.4) is 0 Å². The van der Waals surface area contributed by atoms with Crippen LogP contribution in [0.15, 0.2) is 33.9 Å². The van der Waals surface area contributed by atoms with Gasteiger partial charge in [0.15, 0.2) is 18.1 Å². The number of carbonyl (C=O) groups is 3. The Kier molecular flexibility index (Phi) is 6.13. The Morgan fingerprint density at radius 2 is 1.81 bits per heavy atom. The second-order valence-corrected chi connectivity index (χ2v) is 8.44. The van der Waals surface area contributed by atoms with Crippen LogP contribution in [0.5, 0.6) is 11.5 Å². The van der Waals surface area contributed by atoms with E-state index in [-0.39, 0.29) is 48.7 Å². The SMILES string of the molecule is CCOC(=O)COc1c(Br)cc(C=NN2C(=O)C3C4C=CC(C4)C3C2=O)cc1OCC. The number of ether oxygens (including phenoxy) is 3. The molecule has 3 aliphatic rings. The third kappa shape index (κ3) is 3.98. The van der Waals surface area contributed by atoms with Gasteiger partial charge in [-0.15, -0.1) is 0 Å². The molecule has 0 aromatic heterocycles. The van der Waals surface area contributed by atoms with Crippen LogP contribution in [0.2, 0.25) is 0 Å². The number of fused-ring (bicyclic) bond motifs is 5. The fraction of sp³-hybridized carbons (Fsp3) is 0.455. The lowest BCUT2D eigenvalue weighted by molar-refractivity contribution is -0.145. The van der Waals surface area contributed by atoms with Gasteiger partial charge in [-0.1, -0.05) is 12.2 Å². The molecule has 2 fully saturated rings. The van der Waals surface area contributed by atoms with Gasteiger partial charge in [0.05, 0.1) is 35.7 Å². The van der Waals surface area contributed by atoms with Crippen LogP contribution in [0.1, 0.15) is 25.8 Å². The van der Waals surface area contributed by atoms with Gasteiger partial charge in [0, 0.05) is 0 Å². The first-order valence-corrected chi connectivity index (χ1v) is 11.1. The summed E-state index contributed by atoms with van der Waals surface area (Å²) in [6, 6.07) is 3.39. The van der Waals surface area contributed by atoms with E-state index in [0.29, 0.717) is 28.1 Å². The zero-order valence-corrected chi connectivity index (χ0v) is 18.8. The summed E-state index contributed by atoms with van der Waals surface area (Å²) >= 11 is 3.42. The third-order valence-electron chi connectivity index (χ3n) is 5.74. The molecule has 1 saturated heterocycles. The molecular weight excluding hydrogens is 468 g/mol. The molecule has 1 aromatic rings. The smallest absolute Gasteiger partial charge is 0.344 e. The fourth-order valence-electron chi connectivity index (χ4n) is 4.52. The number of nitrogens with zero attached hydrogens (tertiary/aromatic N) is 2. The Balaban J connectivity index is 1.52. The highest BCUT2D eigenvalue weighted by molar-refractivity contribution is 9.10. The minimum atomic E-state index is -0.484. The molecule has 9 heteroatoms. The van der Waals surface area contributed by atoms with Gasteiger partial charge in [0.2, 0.25) is 0 Å². The molecule has 8 nitrogen and oxygen atoms in total. The van der Waals surface area contributed by atoms with Gasteiger partial charge in [-0.3, -0.25) is 9.59 Å². The van der Waals surface area contributed by atoms with Crippen molar-refractivity contribution in [2.75, 3.05) is 19.8 Å². The summed E-state index contributed by atoms with van der Waals surface area (Å²) in [4.78, 5) is 37.1. The van der Waals surface area contributed by atoms with E-state index in [4.69, 9.17) is 14.2 Å². The second kappa shape index (κ2) is 8.82. The van der Waals surface area contributed by atoms with Crippen LogP contribution in [-0.4, -0.2) is 48.8 Å². The lowest BCUT2D eigenvalue weighted by Crippen LogP contribution is -2.28. The number of halogens is 1. The highest BCUT2D eigenvalue weighted by atomic mass is 79.9. The minimum Gasteiger partial charge on any atom is -0.490 e. The molecule has 1 heterocycles. The maximum atomic E-state index is 12.8. The average Bonchev–Trinajstić information content (AvgIpc) is 3.41. The Hall–Kier alpha value is -2.68. The van der Waals surface area contributed by atoms with Gasteiger partial charge in [-0.2, -0.15) is 10.1 Å². The normalized spacial score (nSPS) is 26.1. The van der Waals surface area contributed by atoms with Crippen LogP contribution >= 0.6 is 15.9 Å². The van der Waals surface area contributed by atoms with Crippen molar-refractivity contribution in [3.63, 3.8) is 0 Å². The number of amides is 2. The summed E-state index contributed by atoms with van der Waals surface area (Å²) in [6.45, 7) is 3.94. The zero-order valence-electron chi connectivity index (χ0n) is 17.2. The standard InChI is InChI=1S/C22H23BrN2O6/c1-3-29-16-8-12(7-15(23)20(16)31-11-17(26)30-4-2)10-24-25-21(27)18-13-5-6-14(9-13)19(18)22(25)28/h5-8,10,13-14,18-19H,3-4,9,11H2,1-2H3. The van der Waals surface area contributed by atoms with E-state index in [1.165, 1.54) is 6.21 Å². The Labute approximate surface area is 188 Å². The highest BCUT2D eigenvalue weighted by Crippen LogP contribution is 2.52. The number of rotatable bonds is 8. The minimum absolute atomic E-state index is 0.140. The first-order valence-electron chi connectivity index (χ1n) is 10.3. The number of hydrogen-bond donors (Lipinski definition) is 0. The molecule has 164 valence electrons. The van der Waals surface area contributed by atoms with Crippen LogP contribution in [-0.2, 0) is 19.1 Å². The molecule has 0 radical (unpaired) electrons. The number of imide groups is 1. The van der Waals surface area contributed by atoms with Gasteiger partial charge in [0.25, 0.3) is 11.8 Å².